The fraction of sp³-hybridized carbons (Fsp3) is 0.312. The van der Waals surface area contributed by atoms with E-state index in [1.165, 1.54) is 55.3 Å². The van der Waals surface area contributed by atoms with Gasteiger partial charge in [-0.2, -0.15) is 0 Å². The van der Waals surface area contributed by atoms with Crippen LogP contribution in [0.5, 0.6) is 0 Å². The van der Waals surface area contributed by atoms with E-state index in [1.807, 2.05) is 0 Å². The molecule has 0 heteroatoms. The van der Waals surface area contributed by atoms with E-state index < -0.39 is 0 Å². The first kappa shape index (κ1) is 21.0. The van der Waals surface area contributed by atoms with Crippen molar-refractivity contribution >= 4 is 10.8 Å². The molecule has 0 aliphatic heterocycles. The van der Waals surface area contributed by atoms with Gasteiger partial charge in [-0.1, -0.05) is 114 Å². The molecule has 1 aliphatic carbocycles. The lowest BCUT2D eigenvalue weighted by Gasteiger charge is -2.22. The van der Waals surface area contributed by atoms with Crippen molar-refractivity contribution in [3.63, 3.8) is 0 Å². The molecule has 0 radical (unpaired) electrons. The van der Waals surface area contributed by atoms with E-state index in [2.05, 4.69) is 114 Å². The Morgan fingerprint density at radius 2 is 0.938 bits per heavy atom. The smallest absolute Gasteiger partial charge is 0.00213 e. The van der Waals surface area contributed by atoms with Crippen LogP contribution in [0.2, 0.25) is 0 Å². The molecule has 0 atom stereocenters. The van der Waals surface area contributed by atoms with E-state index in [4.69, 9.17) is 0 Å². The molecule has 0 heterocycles. The van der Waals surface area contributed by atoms with Crippen molar-refractivity contribution in [1.82, 2.24) is 0 Å². The van der Waals surface area contributed by atoms with Crippen LogP contribution in [0.1, 0.15) is 63.8 Å². The van der Waals surface area contributed by atoms with Crippen LogP contribution >= 0.6 is 0 Å². The van der Waals surface area contributed by atoms with Gasteiger partial charge >= 0.3 is 0 Å². The molecule has 0 N–H and O–H groups in total. The van der Waals surface area contributed by atoms with Crippen LogP contribution in [0.4, 0.5) is 0 Å². The Balaban J connectivity index is 1.81. The molecule has 0 saturated carbocycles. The number of hydrogen-bond donors (Lipinski definition) is 0. The summed E-state index contributed by atoms with van der Waals surface area (Å²) in [5, 5.41) is 2.91. The highest BCUT2D eigenvalue weighted by molar-refractivity contribution is 6.09. The molecule has 0 aromatic heterocycles. The Morgan fingerprint density at radius 1 is 0.500 bits per heavy atom. The topological polar surface area (TPSA) is 0 Å². The minimum Gasteiger partial charge on any atom is -0.0614 e. The lowest BCUT2D eigenvalue weighted by atomic mass is 9.82. The van der Waals surface area contributed by atoms with Crippen molar-refractivity contribution in [2.45, 2.75) is 65.2 Å². The molecular formula is C32H34. The Morgan fingerprint density at radius 3 is 1.34 bits per heavy atom. The number of aryl methyl sites for hydroxylation is 2. The second kappa shape index (κ2) is 7.34. The molecule has 0 bridgehead atoms. The predicted octanol–water partition coefficient (Wildman–Crippen LogP) is 8.87. The van der Waals surface area contributed by atoms with Gasteiger partial charge in [-0.15, -0.1) is 0 Å². The lowest BCUT2D eigenvalue weighted by molar-refractivity contribution is 0.590. The number of rotatable bonds is 2. The quantitative estimate of drug-likeness (QED) is 0.305. The van der Waals surface area contributed by atoms with E-state index in [-0.39, 0.29) is 10.8 Å². The molecule has 0 spiro atoms. The summed E-state index contributed by atoms with van der Waals surface area (Å²) in [5.41, 5.74) is 11.4. The second-order valence-electron chi connectivity index (χ2n) is 11.5. The van der Waals surface area contributed by atoms with Gasteiger partial charge in [0.25, 0.3) is 0 Å². The maximum Gasteiger partial charge on any atom is -0.00213 e. The van der Waals surface area contributed by atoms with E-state index in [0.29, 0.717) is 0 Å². The van der Waals surface area contributed by atoms with Gasteiger partial charge in [-0.25, -0.2) is 0 Å². The summed E-state index contributed by atoms with van der Waals surface area (Å²) >= 11 is 0. The maximum absolute atomic E-state index is 2.40. The zero-order valence-corrected chi connectivity index (χ0v) is 20.3. The fourth-order valence-electron chi connectivity index (χ4n) is 5.12. The van der Waals surface area contributed by atoms with Crippen LogP contribution in [0.25, 0.3) is 33.0 Å². The molecule has 0 fully saturated rings. The Bertz CT molecular complexity index is 1220. The van der Waals surface area contributed by atoms with Crippen molar-refractivity contribution in [3.8, 4) is 22.3 Å². The highest BCUT2D eigenvalue weighted by atomic mass is 14.3. The van der Waals surface area contributed by atoms with Crippen molar-refractivity contribution in [2.75, 3.05) is 0 Å². The van der Waals surface area contributed by atoms with E-state index in [1.54, 1.807) is 0 Å². The van der Waals surface area contributed by atoms with Gasteiger partial charge in [0.15, 0.2) is 0 Å². The molecule has 5 rings (SSSR count). The largest absolute Gasteiger partial charge is 0.0614 e. The SMILES string of the molecule is CC(C)(C)c1cccc(-c2ccc3c4c(ccc(-c5cccc(C(C)(C)C)c5)c24)CC3)c1. The van der Waals surface area contributed by atoms with Crippen LogP contribution in [0, 0.1) is 0 Å². The molecule has 4 aromatic rings. The first-order valence-corrected chi connectivity index (χ1v) is 11.9. The molecule has 0 amide bonds. The standard InChI is InChI=1S/C32H34/c1-31(2,3)25-11-7-9-23(19-25)27-17-15-21-13-14-22-16-18-28(30(27)29(21)22)24-10-8-12-26(20-24)32(4,5)6/h7-12,15-20H,13-14H2,1-6H3. The molecule has 0 nitrogen and oxygen atoms in total. The van der Waals surface area contributed by atoms with Gasteiger partial charge in [-0.05, 0) is 79.0 Å². The first-order valence-electron chi connectivity index (χ1n) is 11.9. The summed E-state index contributed by atoms with van der Waals surface area (Å²) in [6, 6.07) is 27.8. The molecule has 0 unspecified atom stereocenters. The summed E-state index contributed by atoms with van der Waals surface area (Å²) in [5.74, 6) is 0. The van der Waals surface area contributed by atoms with Gasteiger partial charge in [0.1, 0.15) is 0 Å². The van der Waals surface area contributed by atoms with Crippen molar-refractivity contribution < 1.29 is 0 Å². The van der Waals surface area contributed by atoms with Gasteiger partial charge < -0.3 is 0 Å². The minimum atomic E-state index is 0.134. The highest BCUT2D eigenvalue weighted by Crippen LogP contribution is 2.43. The summed E-state index contributed by atoms with van der Waals surface area (Å²) in [7, 11) is 0. The lowest BCUT2D eigenvalue weighted by Crippen LogP contribution is -2.10. The first-order chi connectivity index (χ1) is 15.1. The third kappa shape index (κ3) is 3.56. The van der Waals surface area contributed by atoms with Crippen LogP contribution in [-0.2, 0) is 23.7 Å². The molecule has 1 aliphatic rings. The molecule has 0 saturated heterocycles. The molecule has 162 valence electrons. The van der Waals surface area contributed by atoms with E-state index in [0.717, 1.165) is 12.8 Å². The predicted molar refractivity (Wildman–Crippen MR) is 140 cm³/mol. The van der Waals surface area contributed by atoms with Crippen LogP contribution in [0.3, 0.4) is 0 Å². The number of benzene rings is 4. The zero-order valence-electron chi connectivity index (χ0n) is 20.3. The van der Waals surface area contributed by atoms with Crippen molar-refractivity contribution in [1.29, 1.82) is 0 Å². The monoisotopic (exact) mass is 418 g/mol. The minimum absolute atomic E-state index is 0.134. The average Bonchev–Trinajstić information content (AvgIpc) is 3.18. The zero-order chi connectivity index (χ0) is 22.7. The summed E-state index contributed by atoms with van der Waals surface area (Å²) in [6.45, 7) is 13.8. The van der Waals surface area contributed by atoms with Crippen molar-refractivity contribution in [3.05, 3.63) is 95.1 Å². The Kier molecular flexibility index (Phi) is 4.82. The third-order valence-electron chi connectivity index (χ3n) is 7.08. The van der Waals surface area contributed by atoms with Gasteiger partial charge in [0.05, 0.1) is 0 Å². The van der Waals surface area contributed by atoms with Gasteiger partial charge in [0.2, 0.25) is 0 Å². The molecule has 4 aromatic carbocycles. The maximum atomic E-state index is 2.40. The highest BCUT2D eigenvalue weighted by Gasteiger charge is 2.22. The van der Waals surface area contributed by atoms with Gasteiger partial charge in [-0.3, -0.25) is 0 Å². The van der Waals surface area contributed by atoms with Crippen molar-refractivity contribution in [2.24, 2.45) is 0 Å². The Labute approximate surface area is 193 Å². The molecule has 32 heavy (non-hydrogen) atoms. The van der Waals surface area contributed by atoms with E-state index in [9.17, 15) is 0 Å². The van der Waals surface area contributed by atoms with Crippen LogP contribution < -0.4 is 0 Å². The average molecular weight is 419 g/mol. The van der Waals surface area contributed by atoms with Crippen LogP contribution in [0.15, 0.2) is 72.8 Å². The Hall–Kier alpha value is -2.86. The molecular weight excluding hydrogens is 384 g/mol. The van der Waals surface area contributed by atoms with Crippen LogP contribution in [-0.4, -0.2) is 0 Å². The summed E-state index contributed by atoms with van der Waals surface area (Å²) in [4.78, 5) is 0. The van der Waals surface area contributed by atoms with Gasteiger partial charge in [0, 0.05) is 0 Å². The third-order valence-corrected chi connectivity index (χ3v) is 7.08. The normalized spacial score (nSPS) is 13.7. The summed E-state index contributed by atoms with van der Waals surface area (Å²) in [6.07, 6.45) is 2.30. The second-order valence-corrected chi connectivity index (χ2v) is 11.5. The summed E-state index contributed by atoms with van der Waals surface area (Å²) < 4.78 is 0. The fourth-order valence-corrected chi connectivity index (χ4v) is 5.12. The number of hydrogen-bond acceptors (Lipinski definition) is 0. The van der Waals surface area contributed by atoms with E-state index >= 15 is 0 Å².